The number of carbonyl (C=O) groups excluding carboxylic acids is 1. The number of diazo groups is 1. The Labute approximate surface area is 105 Å². The lowest BCUT2D eigenvalue weighted by Gasteiger charge is -2.15. The summed E-state index contributed by atoms with van der Waals surface area (Å²) in [7, 11) is 1.26. The highest BCUT2D eigenvalue weighted by Crippen LogP contribution is 2.05. The number of aliphatic hydroxyl groups is 1. The van der Waals surface area contributed by atoms with Gasteiger partial charge in [-0.3, -0.25) is 0 Å². The van der Waals surface area contributed by atoms with Crippen molar-refractivity contribution in [1.82, 2.24) is 5.32 Å². The first-order valence-corrected chi connectivity index (χ1v) is 5.29. The predicted molar refractivity (Wildman–Crippen MR) is 64.9 cm³/mol. The zero-order chi connectivity index (χ0) is 13.4. The Morgan fingerprint density at radius 2 is 2.22 bits per heavy atom. The Morgan fingerprint density at radius 1 is 1.56 bits per heavy atom. The number of hydrogen-bond donors (Lipinski definition) is 2. The van der Waals surface area contributed by atoms with Crippen LogP contribution in [0.5, 0.6) is 0 Å². The van der Waals surface area contributed by atoms with Gasteiger partial charge in [-0.15, -0.1) is 0 Å². The number of ether oxygens (including phenoxy) is 1. The summed E-state index contributed by atoms with van der Waals surface area (Å²) in [6, 6.07) is 8.52. The highest BCUT2D eigenvalue weighted by atomic mass is 16.5. The molecule has 0 aliphatic rings. The Kier molecular flexibility index (Phi) is 5.19. The molecule has 18 heavy (non-hydrogen) atoms. The van der Waals surface area contributed by atoms with Crippen molar-refractivity contribution in [2.45, 2.75) is 12.5 Å². The van der Waals surface area contributed by atoms with Crippen LogP contribution >= 0.6 is 0 Å². The zero-order valence-corrected chi connectivity index (χ0v) is 9.91. The van der Waals surface area contributed by atoms with Crippen molar-refractivity contribution in [3.8, 4) is 0 Å². The average Bonchev–Trinajstić information content (AvgIpc) is 2.38. The third kappa shape index (κ3) is 4.14. The van der Waals surface area contributed by atoms with Gasteiger partial charge >= 0.3 is 12.2 Å². The summed E-state index contributed by atoms with van der Waals surface area (Å²) in [5.41, 5.74) is 0.911. The van der Waals surface area contributed by atoms with Crippen LogP contribution < -0.4 is 5.32 Å². The van der Waals surface area contributed by atoms with Crippen LogP contribution in [0.1, 0.15) is 5.56 Å². The lowest BCUT2D eigenvalue weighted by atomic mass is 10.1. The van der Waals surface area contributed by atoms with Crippen molar-refractivity contribution in [3.63, 3.8) is 0 Å². The van der Waals surface area contributed by atoms with Crippen molar-refractivity contribution >= 4 is 5.97 Å². The number of aliphatic hydroxyl groups excluding tert-OH is 1. The summed E-state index contributed by atoms with van der Waals surface area (Å²) in [5.74, 6) is -0.930. The van der Waals surface area contributed by atoms with Crippen molar-refractivity contribution in [2.24, 2.45) is 0 Å². The van der Waals surface area contributed by atoms with Gasteiger partial charge in [-0.1, -0.05) is 30.3 Å². The van der Waals surface area contributed by atoms with Crippen LogP contribution in [0.2, 0.25) is 0 Å². The van der Waals surface area contributed by atoms with Gasteiger partial charge in [0.05, 0.1) is 7.11 Å². The van der Waals surface area contributed by atoms with E-state index >= 15 is 0 Å². The second-order valence-electron chi connectivity index (χ2n) is 3.54. The Morgan fingerprint density at radius 3 is 2.78 bits per heavy atom. The van der Waals surface area contributed by atoms with E-state index in [0.717, 1.165) is 11.8 Å². The van der Waals surface area contributed by atoms with Crippen LogP contribution in [0.3, 0.4) is 0 Å². The van der Waals surface area contributed by atoms with E-state index in [0.29, 0.717) is 6.42 Å². The van der Waals surface area contributed by atoms with Crippen molar-refractivity contribution in [1.29, 1.82) is 5.39 Å². The fourth-order valence-electron chi connectivity index (χ4n) is 1.46. The van der Waals surface area contributed by atoms with E-state index in [2.05, 4.69) is 15.0 Å². The highest BCUT2D eigenvalue weighted by Gasteiger charge is 2.21. The van der Waals surface area contributed by atoms with Gasteiger partial charge in [-0.25, -0.2) is 4.79 Å². The molecule has 0 fully saturated rings. The van der Waals surface area contributed by atoms with Crippen LogP contribution in [0, 0.1) is 5.39 Å². The third-order valence-corrected chi connectivity index (χ3v) is 2.27. The molecule has 2 N–H and O–H groups in total. The molecule has 0 spiro atoms. The minimum Gasteiger partial charge on any atom is -0.490 e. The fraction of sp³-hybridized carbons (Fsp3) is 0.250. The van der Waals surface area contributed by atoms with Gasteiger partial charge in [0, 0.05) is 6.42 Å². The molecule has 0 radical (unpaired) electrons. The maximum Gasteiger partial charge on any atom is 0.409 e. The molecular weight excluding hydrogens is 234 g/mol. The first-order chi connectivity index (χ1) is 8.67. The summed E-state index contributed by atoms with van der Waals surface area (Å²) >= 11 is 0. The van der Waals surface area contributed by atoms with Gasteiger partial charge < -0.3 is 15.2 Å². The summed E-state index contributed by atoms with van der Waals surface area (Å²) < 4.78 is 4.63. The van der Waals surface area contributed by atoms with Crippen molar-refractivity contribution in [3.05, 3.63) is 53.0 Å². The van der Waals surface area contributed by atoms with Crippen LogP contribution in [-0.2, 0) is 16.0 Å². The van der Waals surface area contributed by atoms with Crippen molar-refractivity contribution in [2.75, 3.05) is 7.11 Å². The summed E-state index contributed by atoms with van der Waals surface area (Å²) in [6.45, 7) is 0. The topological polar surface area (TPSA) is 86.7 Å². The monoisotopic (exact) mass is 248 g/mol. The van der Waals surface area contributed by atoms with Crippen molar-refractivity contribution < 1.29 is 14.6 Å². The van der Waals surface area contributed by atoms with Crippen LogP contribution in [0.4, 0.5) is 0 Å². The Hall–Kier alpha value is -2.55. The second-order valence-corrected chi connectivity index (χ2v) is 3.54. The summed E-state index contributed by atoms with van der Waals surface area (Å²) in [4.78, 5) is 14.2. The van der Waals surface area contributed by atoms with Gasteiger partial charge in [0.25, 0.3) is 5.88 Å². The van der Waals surface area contributed by atoms with E-state index in [1.165, 1.54) is 7.11 Å². The molecule has 0 aliphatic heterocycles. The SMILES string of the molecule is COC(=O)[C@H](Cc1ccccc1)N/C(O)=C\[N+]#N. The van der Waals surface area contributed by atoms with Gasteiger partial charge in [0.1, 0.15) is 6.04 Å². The zero-order valence-electron chi connectivity index (χ0n) is 9.91. The fourth-order valence-corrected chi connectivity index (χ4v) is 1.46. The first-order valence-electron chi connectivity index (χ1n) is 5.29. The largest absolute Gasteiger partial charge is 0.490 e. The normalized spacial score (nSPS) is 12.3. The first kappa shape index (κ1) is 13.5. The Bertz CT molecular complexity index is 465. The van der Waals surface area contributed by atoms with Gasteiger partial charge in [-0.05, 0) is 5.56 Å². The number of rotatable bonds is 5. The summed E-state index contributed by atoms with van der Waals surface area (Å²) in [5, 5.41) is 20.1. The molecule has 1 atom stereocenters. The molecule has 0 saturated heterocycles. The van der Waals surface area contributed by atoms with Crippen LogP contribution in [-0.4, -0.2) is 24.2 Å². The van der Waals surface area contributed by atoms with Crippen LogP contribution in [0.25, 0.3) is 4.98 Å². The molecule has 0 unspecified atom stereocenters. The van der Waals surface area contributed by atoms with Gasteiger partial charge in [0.15, 0.2) is 4.98 Å². The molecule has 6 heteroatoms. The van der Waals surface area contributed by atoms with E-state index in [9.17, 15) is 9.90 Å². The average molecular weight is 248 g/mol. The second kappa shape index (κ2) is 6.91. The molecule has 1 aromatic carbocycles. The minimum absolute atomic E-state index is 0.344. The molecule has 94 valence electrons. The lowest BCUT2D eigenvalue weighted by Crippen LogP contribution is -2.38. The predicted octanol–water partition coefficient (Wildman–Crippen LogP) is 1.57. The molecular formula is C12H14N3O3+. The van der Waals surface area contributed by atoms with E-state index < -0.39 is 17.9 Å². The van der Waals surface area contributed by atoms with Crippen LogP contribution in [0.15, 0.2) is 42.4 Å². The highest BCUT2D eigenvalue weighted by molar-refractivity contribution is 5.76. The molecule has 0 aliphatic carbocycles. The maximum absolute atomic E-state index is 11.5. The van der Waals surface area contributed by atoms with E-state index in [4.69, 9.17) is 5.39 Å². The molecule has 1 rings (SSSR count). The number of nitrogens with one attached hydrogen (secondary N) is 1. The third-order valence-electron chi connectivity index (χ3n) is 2.27. The van der Waals surface area contributed by atoms with E-state index in [1.54, 1.807) is 0 Å². The number of esters is 1. The molecule has 0 bridgehead atoms. The van der Waals surface area contributed by atoms with Gasteiger partial charge in [0.2, 0.25) is 5.39 Å². The number of hydrogen-bond acceptors (Lipinski definition) is 5. The lowest BCUT2D eigenvalue weighted by molar-refractivity contribution is -0.143. The molecule has 1 aromatic rings. The van der Waals surface area contributed by atoms with Gasteiger partial charge in [-0.2, -0.15) is 0 Å². The number of benzene rings is 1. The number of nitrogens with zero attached hydrogens (tertiary/aromatic N) is 2. The summed E-state index contributed by atoms with van der Waals surface area (Å²) in [6.07, 6.45) is 1.14. The number of carbonyl (C=O) groups is 1. The molecule has 0 amide bonds. The maximum atomic E-state index is 11.5. The molecule has 0 heterocycles. The molecule has 6 nitrogen and oxygen atoms in total. The molecule has 0 saturated carbocycles. The smallest absolute Gasteiger partial charge is 0.409 e. The Balaban J connectivity index is 2.77. The van der Waals surface area contributed by atoms with E-state index in [1.807, 2.05) is 30.3 Å². The minimum atomic E-state index is -0.754. The standard InChI is InChI=1S/C12H13N3O3/c1-18-12(17)10(15-11(16)8-14-13)7-9-5-3-2-4-6-9/h2-6,8,10,15H,7H2,1H3/p+1/b11-8+/t10-/m0/s1. The number of methoxy groups -OCH3 is 1. The van der Waals surface area contributed by atoms with E-state index in [-0.39, 0.29) is 0 Å². The quantitative estimate of drug-likeness (QED) is 0.469. The molecule has 0 aromatic heterocycles.